The molecule has 61 heavy (non-hydrogen) atoms. The SMILES string of the molecule is CCCCCCCC(CC(c1ccccc1)C(C[n+]1cnn[nH]1)c1nc2ccccc2s1)c1ccccc1Cl.CCCCCCCCCCCCc1ccc(S(=O)(=O)[O-])cc1. The number of unbranched alkanes of at least 4 members (excludes halogenated alkanes) is 13. The molecular weight excluding hydrogens is 818 g/mol. The van der Waals surface area contributed by atoms with Gasteiger partial charge in [0, 0.05) is 5.02 Å². The topological polar surface area (TPSA) is 116 Å². The van der Waals surface area contributed by atoms with Gasteiger partial charge in [-0.1, -0.05) is 193 Å². The van der Waals surface area contributed by atoms with E-state index in [1.54, 1.807) is 29.8 Å². The molecule has 11 heteroatoms. The highest BCUT2D eigenvalue weighted by molar-refractivity contribution is 7.85. The summed E-state index contributed by atoms with van der Waals surface area (Å²) < 4.78 is 35.7. The van der Waals surface area contributed by atoms with E-state index in [-0.39, 0.29) is 16.7 Å². The van der Waals surface area contributed by atoms with Crippen LogP contribution in [0.3, 0.4) is 0 Å². The largest absolute Gasteiger partial charge is 0.744 e. The zero-order valence-electron chi connectivity index (χ0n) is 36.3. The number of aromatic nitrogens is 5. The Morgan fingerprint density at radius 3 is 1.93 bits per heavy atom. The maximum absolute atomic E-state index is 10.8. The summed E-state index contributed by atoms with van der Waals surface area (Å²) in [5.41, 5.74) is 4.75. The molecule has 4 aromatic carbocycles. The number of hydrogen-bond donors (Lipinski definition) is 1. The van der Waals surface area contributed by atoms with Crippen LogP contribution in [0, 0.1) is 0 Å². The number of para-hydroxylation sites is 1. The number of halogens is 1. The fraction of sp³-hybridized carbons (Fsp3) is 0.480. The molecule has 0 bridgehead atoms. The monoisotopic (exact) mass is 883 g/mol. The van der Waals surface area contributed by atoms with Crippen LogP contribution in [0.15, 0.2) is 114 Å². The quantitative estimate of drug-likeness (QED) is 0.0329. The number of rotatable bonds is 26. The maximum Gasteiger partial charge on any atom is 0.288 e. The summed E-state index contributed by atoms with van der Waals surface area (Å²) in [5.74, 6) is 0.730. The number of aromatic amines is 1. The standard InChI is InChI=1S/C32H36ClN5S.C18H30O3S/c1-2-3-4-5-7-16-25(26-17-10-11-18-29(26)33)21-27(24-14-8-6-9-15-24)28(22-38-23-34-36-37-38)32-35-30-19-12-13-20-31(30)39-32;1-2-3-4-5-6-7-8-9-10-11-12-17-13-15-18(16-14-17)22(19,20)21/h6,8-15,17-20,23,25,27-28H,2-5,7,16,21-22H2,1H3;13-16H,2-12H2,1H3,(H,19,20,21). The number of nitrogens with zero attached hydrogens (tertiary/aromatic N) is 4. The van der Waals surface area contributed by atoms with Gasteiger partial charge in [0.2, 0.25) is 0 Å². The molecular formula is C50H66ClN5O3S2. The van der Waals surface area contributed by atoms with Crippen molar-refractivity contribution in [3.63, 3.8) is 0 Å². The summed E-state index contributed by atoms with van der Waals surface area (Å²) in [6, 6.07) is 34.1. The highest BCUT2D eigenvalue weighted by Crippen LogP contribution is 2.45. The van der Waals surface area contributed by atoms with Gasteiger partial charge in [0.25, 0.3) is 6.33 Å². The Morgan fingerprint density at radius 1 is 0.705 bits per heavy atom. The van der Waals surface area contributed by atoms with E-state index in [1.165, 1.54) is 118 Å². The van der Waals surface area contributed by atoms with Crippen molar-refractivity contribution in [2.24, 2.45) is 0 Å². The number of nitrogens with one attached hydrogen (secondary N) is 1. The summed E-state index contributed by atoms with van der Waals surface area (Å²) in [7, 11) is -4.31. The van der Waals surface area contributed by atoms with E-state index in [2.05, 4.69) is 96.1 Å². The molecule has 0 radical (unpaired) electrons. The zero-order valence-corrected chi connectivity index (χ0v) is 38.7. The minimum absolute atomic E-state index is 0.140. The molecule has 0 aliphatic rings. The third kappa shape index (κ3) is 16.4. The first-order valence-electron chi connectivity index (χ1n) is 22.7. The zero-order chi connectivity index (χ0) is 43.1. The van der Waals surface area contributed by atoms with Crippen molar-refractivity contribution in [1.29, 1.82) is 0 Å². The molecule has 3 atom stereocenters. The normalized spacial score (nSPS) is 13.1. The van der Waals surface area contributed by atoms with Crippen LogP contribution in [-0.4, -0.2) is 33.5 Å². The molecule has 0 amide bonds. The lowest BCUT2D eigenvalue weighted by atomic mass is 9.76. The van der Waals surface area contributed by atoms with E-state index in [0.29, 0.717) is 5.92 Å². The molecule has 6 rings (SSSR count). The van der Waals surface area contributed by atoms with Crippen LogP contribution >= 0.6 is 22.9 Å². The first-order valence-corrected chi connectivity index (χ1v) is 25.3. The lowest BCUT2D eigenvalue weighted by Crippen LogP contribution is -2.40. The fourth-order valence-corrected chi connectivity index (χ4v) is 10.2. The predicted octanol–water partition coefficient (Wildman–Crippen LogP) is 13.5. The Hall–Kier alpha value is -3.96. The van der Waals surface area contributed by atoms with E-state index >= 15 is 0 Å². The average Bonchev–Trinajstić information content (AvgIpc) is 3.96. The van der Waals surface area contributed by atoms with Gasteiger partial charge in [0.15, 0.2) is 5.21 Å². The van der Waals surface area contributed by atoms with Crippen LogP contribution in [0.4, 0.5) is 0 Å². The Kier molecular flexibility index (Phi) is 20.9. The number of thiazole rings is 1. The van der Waals surface area contributed by atoms with Gasteiger partial charge >= 0.3 is 0 Å². The fourth-order valence-electron chi connectivity index (χ4n) is 8.30. The molecule has 8 nitrogen and oxygen atoms in total. The second-order valence-electron chi connectivity index (χ2n) is 16.4. The smallest absolute Gasteiger partial charge is 0.288 e. The van der Waals surface area contributed by atoms with E-state index in [4.69, 9.17) is 16.6 Å². The van der Waals surface area contributed by atoms with E-state index in [9.17, 15) is 13.0 Å². The van der Waals surface area contributed by atoms with Gasteiger partial charge in [0.1, 0.15) is 26.8 Å². The van der Waals surface area contributed by atoms with E-state index in [1.807, 2.05) is 16.8 Å². The summed E-state index contributed by atoms with van der Waals surface area (Å²) >= 11 is 8.64. The van der Waals surface area contributed by atoms with Crippen LogP contribution in [-0.2, 0) is 23.1 Å². The summed E-state index contributed by atoms with van der Waals surface area (Å²) in [6.45, 7) is 5.23. The first kappa shape index (κ1) is 48.1. The van der Waals surface area contributed by atoms with Gasteiger partial charge < -0.3 is 4.55 Å². The molecule has 0 fully saturated rings. The van der Waals surface area contributed by atoms with Crippen molar-refractivity contribution < 1.29 is 17.7 Å². The summed E-state index contributed by atoms with van der Waals surface area (Å²) in [4.78, 5) is 5.02. The number of benzene rings is 4. The first-order chi connectivity index (χ1) is 29.8. The van der Waals surface area contributed by atoms with Gasteiger partial charge in [-0.15, -0.1) is 11.3 Å². The molecule has 2 aromatic heterocycles. The van der Waals surface area contributed by atoms with E-state index in [0.717, 1.165) is 53.3 Å². The molecule has 0 spiro atoms. The summed E-state index contributed by atoms with van der Waals surface area (Å²) in [5, 5.41) is 13.1. The second kappa shape index (κ2) is 26.5. The van der Waals surface area contributed by atoms with Crippen LogP contribution < -0.4 is 4.68 Å². The molecule has 1 N–H and O–H groups in total. The van der Waals surface area contributed by atoms with Crippen LogP contribution in [0.25, 0.3) is 10.2 Å². The number of H-pyrrole nitrogens is 1. The highest BCUT2D eigenvalue weighted by Gasteiger charge is 2.33. The van der Waals surface area contributed by atoms with E-state index < -0.39 is 10.1 Å². The van der Waals surface area contributed by atoms with Gasteiger partial charge in [-0.2, -0.15) is 4.68 Å². The van der Waals surface area contributed by atoms with Crippen LogP contribution in [0.2, 0.25) is 5.02 Å². The third-order valence-electron chi connectivity index (χ3n) is 11.7. The van der Waals surface area contributed by atoms with Crippen molar-refractivity contribution in [3.8, 4) is 0 Å². The minimum atomic E-state index is -4.31. The average molecular weight is 885 g/mol. The molecule has 0 aliphatic carbocycles. The predicted molar refractivity (Wildman–Crippen MR) is 250 cm³/mol. The lowest BCUT2D eigenvalue weighted by molar-refractivity contribution is -0.757. The number of aryl methyl sites for hydroxylation is 1. The third-order valence-corrected chi connectivity index (χ3v) is 14.1. The van der Waals surface area contributed by atoms with Gasteiger partial charge in [-0.25, -0.2) is 13.4 Å². The maximum atomic E-state index is 10.8. The minimum Gasteiger partial charge on any atom is -0.744 e. The molecule has 2 heterocycles. The lowest BCUT2D eigenvalue weighted by Gasteiger charge is -2.30. The molecule has 0 saturated carbocycles. The van der Waals surface area contributed by atoms with Crippen LogP contribution in [0.1, 0.15) is 162 Å². The van der Waals surface area contributed by atoms with Gasteiger partial charge in [0.05, 0.1) is 21.0 Å². The number of tetrazole rings is 1. The Morgan fingerprint density at radius 2 is 1.31 bits per heavy atom. The summed E-state index contributed by atoms with van der Waals surface area (Å²) in [6.07, 6.45) is 24.3. The van der Waals surface area contributed by atoms with Crippen molar-refractivity contribution >= 4 is 43.3 Å². The Bertz CT molecular complexity index is 2160. The highest BCUT2D eigenvalue weighted by atomic mass is 35.5. The van der Waals surface area contributed by atoms with Crippen molar-refractivity contribution in [2.75, 3.05) is 0 Å². The molecule has 6 aromatic rings. The number of hydrogen-bond acceptors (Lipinski definition) is 7. The molecule has 0 saturated heterocycles. The van der Waals surface area contributed by atoms with Crippen molar-refractivity contribution in [2.45, 2.75) is 159 Å². The van der Waals surface area contributed by atoms with Gasteiger partial charge in [-0.05, 0) is 84.5 Å². The number of fused-ring (bicyclic) bond motifs is 1. The second-order valence-corrected chi connectivity index (χ2v) is 19.3. The Labute approximate surface area is 374 Å². The molecule has 0 aliphatic heterocycles. The molecule has 3 unspecified atom stereocenters. The van der Waals surface area contributed by atoms with Gasteiger partial charge in [-0.3, -0.25) is 0 Å². The van der Waals surface area contributed by atoms with Crippen molar-refractivity contribution in [3.05, 3.63) is 136 Å². The molecule has 328 valence electrons. The Balaban J connectivity index is 0.000000273. The van der Waals surface area contributed by atoms with Crippen LogP contribution in [0.5, 0.6) is 0 Å². The van der Waals surface area contributed by atoms with Crippen molar-refractivity contribution in [1.82, 2.24) is 20.5 Å².